The fraction of sp³-hybridized carbons (Fsp3) is 0.367. The third-order valence-corrected chi connectivity index (χ3v) is 10.7. The quantitative estimate of drug-likeness (QED) is 0.122. The minimum Gasteiger partial charge on any atom is -0.387 e. The Labute approximate surface area is 363 Å². The van der Waals surface area contributed by atoms with Crippen LogP contribution < -0.4 is 10.6 Å². The summed E-state index contributed by atoms with van der Waals surface area (Å²) in [6.45, 7) is 16.5. The number of halogens is 1. The van der Waals surface area contributed by atoms with E-state index in [1.54, 1.807) is 24.7 Å². The first-order valence-electron chi connectivity index (χ1n) is 21.8. The molecule has 13 heteroatoms. The molecule has 1 aliphatic carbocycles. The summed E-state index contributed by atoms with van der Waals surface area (Å²) in [5, 5.41) is 28.9. The second-order valence-corrected chi connectivity index (χ2v) is 15.4. The molecular formula is C49H59FN10O2. The zero-order valence-electron chi connectivity index (χ0n) is 37.4. The van der Waals surface area contributed by atoms with Crippen LogP contribution in [0.25, 0.3) is 55.1 Å². The van der Waals surface area contributed by atoms with Gasteiger partial charge in [0.15, 0.2) is 0 Å². The van der Waals surface area contributed by atoms with Gasteiger partial charge >= 0.3 is 0 Å². The molecule has 0 radical (unpaired) electrons. The lowest BCUT2D eigenvalue weighted by Gasteiger charge is -2.14. The first kappa shape index (κ1) is 45.2. The largest absolute Gasteiger partial charge is 0.387 e. The topological polar surface area (TPSA) is 148 Å². The number of nitrogens with one attached hydrogen (secondary N) is 2. The summed E-state index contributed by atoms with van der Waals surface area (Å²) in [5.74, 6) is 0.339. The number of anilines is 2. The Morgan fingerprint density at radius 3 is 1.82 bits per heavy atom. The van der Waals surface area contributed by atoms with Crippen molar-refractivity contribution in [1.82, 2.24) is 39.2 Å². The minimum absolute atomic E-state index is 0.275. The molecule has 0 saturated heterocycles. The van der Waals surface area contributed by atoms with Gasteiger partial charge in [-0.25, -0.2) is 23.4 Å². The van der Waals surface area contributed by atoms with Gasteiger partial charge < -0.3 is 15.7 Å². The van der Waals surface area contributed by atoms with Crippen LogP contribution in [0.5, 0.6) is 0 Å². The van der Waals surface area contributed by atoms with Crippen LogP contribution in [-0.4, -0.2) is 63.4 Å². The number of nitrogens with zero attached hydrogens (tertiary/aromatic N) is 8. The van der Waals surface area contributed by atoms with Gasteiger partial charge in [0, 0.05) is 70.2 Å². The molecule has 1 aliphatic rings. The average Bonchev–Trinajstić information content (AvgIpc) is 3.60. The Bertz CT molecular complexity index is 2800. The molecule has 1 fully saturated rings. The van der Waals surface area contributed by atoms with E-state index in [-0.39, 0.29) is 12.3 Å². The zero-order valence-corrected chi connectivity index (χ0v) is 37.4. The van der Waals surface area contributed by atoms with Gasteiger partial charge in [-0.1, -0.05) is 54.4 Å². The van der Waals surface area contributed by atoms with E-state index in [2.05, 4.69) is 86.7 Å². The number of aliphatic hydroxyl groups excluding tert-OH is 1. The number of aromatic nitrogens is 8. The van der Waals surface area contributed by atoms with Crippen LogP contribution in [0.3, 0.4) is 0 Å². The molecule has 3 unspecified atom stereocenters. The maximum atomic E-state index is 13.2. The van der Waals surface area contributed by atoms with Crippen LogP contribution in [0.4, 0.5) is 16.0 Å². The predicted octanol–water partition coefficient (Wildman–Crippen LogP) is 11.1. The van der Waals surface area contributed by atoms with E-state index in [1.165, 1.54) is 24.8 Å². The lowest BCUT2D eigenvalue weighted by Crippen LogP contribution is -2.15. The van der Waals surface area contributed by atoms with E-state index in [0.29, 0.717) is 17.9 Å². The highest BCUT2D eigenvalue weighted by atomic mass is 19.1. The smallest absolute Gasteiger partial charge is 0.231 e. The number of carbonyl (C=O) groups excluding carboxylic acids is 1. The molecule has 9 rings (SSSR count). The van der Waals surface area contributed by atoms with Crippen LogP contribution in [0, 0.1) is 19.8 Å². The Balaban J connectivity index is 0.000000190. The Morgan fingerprint density at radius 1 is 0.790 bits per heavy atom. The molecule has 8 heterocycles. The van der Waals surface area contributed by atoms with E-state index >= 15 is 0 Å². The van der Waals surface area contributed by atoms with Crippen LogP contribution in [0.2, 0.25) is 0 Å². The van der Waals surface area contributed by atoms with Gasteiger partial charge in [-0.15, -0.1) is 0 Å². The number of amides is 1. The van der Waals surface area contributed by atoms with Crippen LogP contribution in [-0.2, 0) is 11.2 Å². The average molecular weight is 839 g/mol. The summed E-state index contributed by atoms with van der Waals surface area (Å²) >= 11 is 0. The fourth-order valence-corrected chi connectivity index (χ4v) is 7.28. The third kappa shape index (κ3) is 9.73. The number of aliphatic hydroxyl groups is 1. The van der Waals surface area contributed by atoms with Gasteiger partial charge in [0.25, 0.3) is 0 Å². The minimum atomic E-state index is -1.05. The van der Waals surface area contributed by atoms with Gasteiger partial charge in [-0.3, -0.25) is 14.8 Å². The van der Waals surface area contributed by atoms with Crippen molar-refractivity contribution in [3.63, 3.8) is 0 Å². The Hall–Kier alpha value is -6.34. The third-order valence-electron chi connectivity index (χ3n) is 10.7. The number of carbonyl (C=O) groups is 1. The second kappa shape index (κ2) is 20.5. The van der Waals surface area contributed by atoms with Crippen LogP contribution >= 0.6 is 0 Å². The summed E-state index contributed by atoms with van der Waals surface area (Å²) in [6, 6.07) is 16.0. The Morgan fingerprint density at radius 2 is 1.32 bits per heavy atom. The molecule has 1 saturated carbocycles. The van der Waals surface area contributed by atoms with Crippen molar-refractivity contribution in [3.8, 4) is 22.5 Å². The summed E-state index contributed by atoms with van der Waals surface area (Å²) in [7, 11) is 1.88. The number of alkyl halides is 1. The molecule has 324 valence electrons. The maximum Gasteiger partial charge on any atom is 0.231 e. The molecule has 0 spiro atoms. The van der Waals surface area contributed by atoms with Crippen molar-refractivity contribution in [3.05, 3.63) is 108 Å². The number of hydrogen-bond acceptors (Lipinski definition) is 9. The molecule has 0 aliphatic heterocycles. The van der Waals surface area contributed by atoms with Crippen LogP contribution in [0.1, 0.15) is 102 Å². The summed E-state index contributed by atoms with van der Waals surface area (Å²) < 4.78 is 17.0. The molecule has 62 heavy (non-hydrogen) atoms. The van der Waals surface area contributed by atoms with E-state index in [4.69, 9.17) is 0 Å². The van der Waals surface area contributed by atoms with E-state index in [1.807, 2.05) is 86.6 Å². The normalized spacial score (nSPS) is 14.6. The van der Waals surface area contributed by atoms with Crippen molar-refractivity contribution in [2.75, 3.05) is 17.7 Å². The number of unbranched alkanes of at least 4 members (excludes halogenated alkanes) is 1. The standard InChI is InChI=1S/C23H22FN5O2.C21H23N5.C3H8.C2H6/c1-3-21(30)18-6-12(2)16(11-25-18)20-7-13-10-26-22(28-23(31)15-8-17(15)24)9-14(13)19-4-5-27-29(19)20;1-4-5-6-16-9-14(2)18(13-23-16)20-10-15-12-24-21(22-3)11-17(15)19-7-8-25-26(19)20;1-3-2;1-2/h4-7,9-11,15,17,21,30H,3,8H2,1-2H3,(H,26,28,31);7-13H,4-6H2,1-3H3,(H,22,24);3H2,1-2H3;1-2H3. The molecule has 8 aromatic heterocycles. The fourth-order valence-electron chi connectivity index (χ4n) is 7.28. The highest BCUT2D eigenvalue weighted by Gasteiger charge is 2.43. The van der Waals surface area contributed by atoms with Crippen molar-refractivity contribution < 1.29 is 14.3 Å². The molecule has 0 bridgehead atoms. The van der Waals surface area contributed by atoms with Gasteiger partial charge in [0.1, 0.15) is 17.8 Å². The second-order valence-electron chi connectivity index (χ2n) is 15.4. The van der Waals surface area contributed by atoms with E-state index < -0.39 is 18.2 Å². The molecule has 3 atom stereocenters. The molecule has 8 aromatic rings. The first-order valence-corrected chi connectivity index (χ1v) is 21.8. The molecule has 0 aromatic carbocycles. The number of rotatable bonds is 10. The summed E-state index contributed by atoms with van der Waals surface area (Å²) in [5.41, 5.74) is 9.86. The number of pyridine rings is 6. The molecule has 3 N–H and O–H groups in total. The van der Waals surface area contributed by atoms with Crippen molar-refractivity contribution >= 4 is 50.1 Å². The highest BCUT2D eigenvalue weighted by Crippen LogP contribution is 2.36. The zero-order chi connectivity index (χ0) is 44.5. The Kier molecular flexibility index (Phi) is 14.9. The van der Waals surface area contributed by atoms with E-state index in [9.17, 15) is 14.3 Å². The van der Waals surface area contributed by atoms with Gasteiger partial charge in [0.2, 0.25) is 5.91 Å². The van der Waals surface area contributed by atoms with Gasteiger partial charge in [-0.05, 0) is 99.2 Å². The monoisotopic (exact) mass is 838 g/mol. The highest BCUT2D eigenvalue weighted by molar-refractivity contribution is 6.02. The lowest BCUT2D eigenvalue weighted by atomic mass is 10.0. The number of hydrogen-bond donors (Lipinski definition) is 3. The van der Waals surface area contributed by atoms with Crippen molar-refractivity contribution in [2.45, 2.75) is 106 Å². The number of aryl methyl sites for hydroxylation is 3. The molecule has 12 nitrogen and oxygen atoms in total. The maximum absolute atomic E-state index is 13.2. The summed E-state index contributed by atoms with van der Waals surface area (Å²) in [6.07, 6.45) is 14.8. The predicted molar refractivity (Wildman–Crippen MR) is 249 cm³/mol. The number of fused-ring (bicyclic) bond motifs is 6. The molecule has 1 amide bonds. The SMILES string of the molecule is CC.CCC.CCC(O)c1cc(C)c(-c2cc3cnc(NC(=O)C4CC4F)cc3c3ccnn23)cn1.CCCCc1cc(C)c(-c2cc3cnc(NC)cc3c3ccnn23)cn1. The van der Waals surface area contributed by atoms with Gasteiger partial charge in [0.05, 0.1) is 52.5 Å². The van der Waals surface area contributed by atoms with E-state index in [0.717, 1.165) is 78.6 Å². The first-order chi connectivity index (χ1) is 30.1. The van der Waals surface area contributed by atoms with Gasteiger partial charge in [-0.2, -0.15) is 10.2 Å². The lowest BCUT2D eigenvalue weighted by molar-refractivity contribution is -0.117. The van der Waals surface area contributed by atoms with Crippen LogP contribution in [0.15, 0.2) is 85.7 Å². The molecular weight excluding hydrogens is 780 g/mol. The van der Waals surface area contributed by atoms with Crippen molar-refractivity contribution in [2.24, 2.45) is 5.92 Å². The summed E-state index contributed by atoms with van der Waals surface area (Å²) in [4.78, 5) is 30.0. The van der Waals surface area contributed by atoms with Crippen molar-refractivity contribution in [1.29, 1.82) is 0 Å².